The zero-order valence-corrected chi connectivity index (χ0v) is 17.0. The molecule has 4 aromatic rings. The number of H-pyrrole nitrogens is 2. The molecule has 3 N–H and O–H groups in total. The number of esters is 1. The van der Waals surface area contributed by atoms with Crippen LogP contribution in [-0.4, -0.2) is 33.4 Å². The molecular formula is C23H22N4O3. The van der Waals surface area contributed by atoms with Crippen LogP contribution in [0.4, 0.5) is 5.69 Å². The van der Waals surface area contributed by atoms with Gasteiger partial charge in [0.15, 0.2) is 0 Å². The summed E-state index contributed by atoms with van der Waals surface area (Å²) in [5.41, 5.74) is 5.36. The highest BCUT2D eigenvalue weighted by Gasteiger charge is 2.22. The van der Waals surface area contributed by atoms with Crippen LogP contribution in [0.3, 0.4) is 0 Å². The average molecular weight is 402 g/mol. The Kier molecular flexibility index (Phi) is 5.10. The molecule has 0 fully saturated rings. The van der Waals surface area contributed by atoms with Crippen molar-refractivity contribution in [2.24, 2.45) is 0 Å². The van der Waals surface area contributed by atoms with Gasteiger partial charge in [0.1, 0.15) is 11.5 Å². The normalized spacial score (nSPS) is 10.9. The summed E-state index contributed by atoms with van der Waals surface area (Å²) in [6.07, 6.45) is 0. The number of nitrogens with one attached hydrogen (secondary N) is 3. The van der Waals surface area contributed by atoms with Crippen molar-refractivity contribution in [2.75, 3.05) is 11.9 Å². The van der Waals surface area contributed by atoms with E-state index < -0.39 is 5.97 Å². The van der Waals surface area contributed by atoms with Crippen LogP contribution in [0.2, 0.25) is 0 Å². The van der Waals surface area contributed by atoms with Gasteiger partial charge >= 0.3 is 5.97 Å². The van der Waals surface area contributed by atoms with E-state index >= 15 is 0 Å². The third-order valence-corrected chi connectivity index (χ3v) is 4.95. The fourth-order valence-corrected chi connectivity index (χ4v) is 3.48. The standard InChI is InChI=1S/C23H22N4O3/c1-4-30-23(29)19-13(2)20(24-14(19)3)22(28)25-16-11-9-15(10-12-16)21-26-17-7-5-6-8-18(17)27-21/h5-12,24H,4H2,1-3H3,(H,25,28)(H,26,27). The number of aromatic amines is 2. The second kappa shape index (κ2) is 7.87. The van der Waals surface area contributed by atoms with E-state index in [9.17, 15) is 9.59 Å². The van der Waals surface area contributed by atoms with E-state index in [-0.39, 0.29) is 12.5 Å². The SMILES string of the molecule is CCOC(=O)c1c(C)[nH]c(C(=O)Nc2ccc(-c3nc4ccccc4[nH]3)cc2)c1C. The van der Waals surface area contributed by atoms with Crippen molar-refractivity contribution >= 4 is 28.6 Å². The lowest BCUT2D eigenvalue weighted by atomic mass is 10.1. The summed E-state index contributed by atoms with van der Waals surface area (Å²) in [5, 5.41) is 2.86. The number of amides is 1. The molecule has 0 saturated heterocycles. The highest BCUT2D eigenvalue weighted by Crippen LogP contribution is 2.23. The van der Waals surface area contributed by atoms with Gasteiger partial charge < -0.3 is 20.0 Å². The van der Waals surface area contributed by atoms with Gasteiger partial charge in [-0.25, -0.2) is 9.78 Å². The molecule has 0 aliphatic rings. The number of benzene rings is 2. The number of carbonyl (C=O) groups excluding carboxylic acids is 2. The first-order chi connectivity index (χ1) is 14.5. The number of para-hydroxylation sites is 2. The number of nitrogens with zero attached hydrogens (tertiary/aromatic N) is 1. The Bertz CT molecular complexity index is 1200. The van der Waals surface area contributed by atoms with E-state index in [2.05, 4.69) is 20.3 Å². The summed E-state index contributed by atoms with van der Waals surface area (Å²) in [5.74, 6) is 0.0182. The van der Waals surface area contributed by atoms with Crippen LogP contribution in [0.25, 0.3) is 22.4 Å². The number of hydrogen-bond donors (Lipinski definition) is 3. The lowest BCUT2D eigenvalue weighted by molar-refractivity contribution is 0.0525. The van der Waals surface area contributed by atoms with Crippen LogP contribution in [0.5, 0.6) is 0 Å². The van der Waals surface area contributed by atoms with Gasteiger partial charge in [-0.3, -0.25) is 4.79 Å². The molecule has 0 unspecified atom stereocenters. The van der Waals surface area contributed by atoms with Crippen molar-refractivity contribution in [3.63, 3.8) is 0 Å². The maximum atomic E-state index is 12.7. The van der Waals surface area contributed by atoms with E-state index in [0.717, 1.165) is 22.4 Å². The first-order valence-corrected chi connectivity index (χ1v) is 9.70. The highest BCUT2D eigenvalue weighted by atomic mass is 16.5. The largest absolute Gasteiger partial charge is 0.462 e. The van der Waals surface area contributed by atoms with Crippen molar-refractivity contribution in [1.82, 2.24) is 15.0 Å². The molecule has 4 rings (SSSR count). The lowest BCUT2D eigenvalue weighted by Gasteiger charge is -2.06. The Morgan fingerprint density at radius 3 is 2.47 bits per heavy atom. The molecule has 0 aliphatic carbocycles. The molecular weight excluding hydrogens is 380 g/mol. The van der Waals surface area contributed by atoms with Crippen molar-refractivity contribution < 1.29 is 14.3 Å². The van der Waals surface area contributed by atoms with Crippen molar-refractivity contribution in [1.29, 1.82) is 0 Å². The van der Waals surface area contributed by atoms with Crippen LogP contribution in [0.15, 0.2) is 48.5 Å². The second-order valence-corrected chi connectivity index (χ2v) is 6.98. The Morgan fingerprint density at radius 1 is 1.03 bits per heavy atom. The molecule has 0 saturated carbocycles. The first-order valence-electron chi connectivity index (χ1n) is 9.70. The molecule has 0 spiro atoms. The average Bonchev–Trinajstić information content (AvgIpc) is 3.29. The minimum Gasteiger partial charge on any atom is -0.462 e. The van der Waals surface area contributed by atoms with Crippen LogP contribution in [-0.2, 0) is 4.74 Å². The number of carbonyl (C=O) groups is 2. The molecule has 7 heteroatoms. The zero-order valence-electron chi connectivity index (χ0n) is 17.0. The van der Waals surface area contributed by atoms with E-state index in [1.807, 2.05) is 48.5 Å². The van der Waals surface area contributed by atoms with E-state index in [4.69, 9.17) is 4.74 Å². The summed E-state index contributed by atoms with van der Waals surface area (Å²) in [6, 6.07) is 15.3. The monoisotopic (exact) mass is 402 g/mol. The molecule has 152 valence electrons. The third kappa shape index (κ3) is 3.57. The molecule has 1 amide bonds. The molecule has 2 heterocycles. The second-order valence-electron chi connectivity index (χ2n) is 6.98. The highest BCUT2D eigenvalue weighted by molar-refractivity contribution is 6.06. The number of aryl methyl sites for hydroxylation is 1. The van der Waals surface area contributed by atoms with E-state index in [1.165, 1.54) is 0 Å². The molecule has 2 aromatic heterocycles. The summed E-state index contributed by atoms with van der Waals surface area (Å²) < 4.78 is 5.08. The first kappa shape index (κ1) is 19.4. The Balaban J connectivity index is 1.53. The van der Waals surface area contributed by atoms with Gasteiger partial charge in [0.25, 0.3) is 5.91 Å². The molecule has 0 aliphatic heterocycles. The number of anilines is 1. The Morgan fingerprint density at radius 2 is 1.77 bits per heavy atom. The van der Waals surface area contributed by atoms with E-state index in [0.29, 0.717) is 28.2 Å². The fraction of sp³-hybridized carbons (Fsp3) is 0.174. The number of rotatable bonds is 5. The van der Waals surface area contributed by atoms with Gasteiger partial charge in [0.05, 0.1) is 23.2 Å². The van der Waals surface area contributed by atoms with Gasteiger partial charge in [-0.15, -0.1) is 0 Å². The Hall–Kier alpha value is -3.87. The quantitative estimate of drug-likeness (QED) is 0.425. The van der Waals surface area contributed by atoms with Gasteiger partial charge in [-0.05, 0) is 62.7 Å². The minimum absolute atomic E-state index is 0.280. The molecule has 0 bridgehead atoms. The van der Waals surface area contributed by atoms with Crippen molar-refractivity contribution in [3.05, 3.63) is 71.0 Å². The summed E-state index contributed by atoms with van der Waals surface area (Å²) in [6.45, 7) is 5.51. The minimum atomic E-state index is -0.432. The molecule has 30 heavy (non-hydrogen) atoms. The number of aromatic nitrogens is 3. The lowest BCUT2D eigenvalue weighted by Crippen LogP contribution is -2.14. The van der Waals surface area contributed by atoms with Crippen LogP contribution in [0.1, 0.15) is 39.0 Å². The maximum Gasteiger partial charge on any atom is 0.340 e. The van der Waals surface area contributed by atoms with Crippen molar-refractivity contribution in [2.45, 2.75) is 20.8 Å². The number of fused-ring (bicyclic) bond motifs is 1. The van der Waals surface area contributed by atoms with Gasteiger partial charge in [0.2, 0.25) is 0 Å². The summed E-state index contributed by atoms with van der Waals surface area (Å²) >= 11 is 0. The third-order valence-electron chi connectivity index (χ3n) is 4.95. The van der Waals surface area contributed by atoms with E-state index in [1.54, 1.807) is 20.8 Å². The number of hydrogen-bond acceptors (Lipinski definition) is 4. The van der Waals surface area contributed by atoms with Crippen LogP contribution in [0, 0.1) is 13.8 Å². The zero-order chi connectivity index (χ0) is 21.3. The molecule has 2 aromatic carbocycles. The van der Waals surface area contributed by atoms with Crippen molar-refractivity contribution in [3.8, 4) is 11.4 Å². The number of imidazole rings is 1. The fourth-order valence-electron chi connectivity index (χ4n) is 3.48. The van der Waals surface area contributed by atoms with Gasteiger partial charge in [0, 0.05) is 16.9 Å². The molecule has 0 atom stereocenters. The summed E-state index contributed by atoms with van der Waals surface area (Å²) in [7, 11) is 0. The summed E-state index contributed by atoms with van der Waals surface area (Å²) in [4.78, 5) is 35.7. The number of ether oxygens (including phenoxy) is 1. The van der Waals surface area contributed by atoms with Crippen LogP contribution >= 0.6 is 0 Å². The van der Waals surface area contributed by atoms with Crippen LogP contribution < -0.4 is 5.32 Å². The topological polar surface area (TPSA) is 99.9 Å². The van der Waals surface area contributed by atoms with Gasteiger partial charge in [-0.2, -0.15) is 0 Å². The Labute approximate surface area is 173 Å². The molecule has 0 radical (unpaired) electrons. The predicted molar refractivity (Wildman–Crippen MR) is 116 cm³/mol. The maximum absolute atomic E-state index is 12.7. The van der Waals surface area contributed by atoms with Gasteiger partial charge in [-0.1, -0.05) is 12.1 Å². The predicted octanol–water partition coefficient (Wildman–Crippen LogP) is 4.60. The molecule has 7 nitrogen and oxygen atoms in total. The smallest absolute Gasteiger partial charge is 0.340 e.